The molecule has 0 aliphatic heterocycles. The van der Waals surface area contributed by atoms with Crippen LogP contribution in [0.4, 0.5) is 17.1 Å². The Labute approximate surface area is 259 Å². The molecule has 4 aromatic rings. The number of nitrogens with zero attached hydrogens (tertiary/aromatic N) is 3. The first-order valence-corrected chi connectivity index (χ1v) is 14.7. The highest BCUT2D eigenvalue weighted by atomic mass is 32.2. The van der Waals surface area contributed by atoms with Crippen LogP contribution in [-0.2, 0) is 19.7 Å². The van der Waals surface area contributed by atoms with Crippen LogP contribution in [-0.4, -0.2) is 35.5 Å². The maximum atomic E-state index is 12.8. The number of benzene rings is 4. The van der Waals surface area contributed by atoms with Crippen LogP contribution >= 0.6 is 0 Å². The third kappa shape index (κ3) is 7.42. The van der Waals surface area contributed by atoms with E-state index in [0.29, 0.717) is 11.4 Å². The Balaban J connectivity index is 1.25. The molecule has 0 spiro atoms. The minimum Gasteiger partial charge on any atom is -0.478 e. The lowest BCUT2D eigenvalue weighted by atomic mass is 10.0. The molecule has 0 atom stereocenters. The number of carbonyl (C=O) groups excluding carboxylic acids is 1. The van der Waals surface area contributed by atoms with Crippen molar-refractivity contribution in [2.24, 2.45) is 15.3 Å². The van der Waals surface area contributed by atoms with E-state index in [1.54, 1.807) is 24.3 Å². The maximum Gasteiger partial charge on any atom is 0.339 e. The summed E-state index contributed by atoms with van der Waals surface area (Å²) in [5.74, 6) is -1.92. The van der Waals surface area contributed by atoms with Gasteiger partial charge in [-0.2, -0.15) is 23.7 Å². The molecule has 1 aliphatic rings. The zero-order valence-electron chi connectivity index (χ0n) is 23.4. The summed E-state index contributed by atoms with van der Waals surface area (Å²) >= 11 is 0. The number of ketones is 1. The van der Waals surface area contributed by atoms with Crippen LogP contribution in [0.2, 0.25) is 0 Å². The maximum absolute atomic E-state index is 12.8. The van der Waals surface area contributed by atoms with Gasteiger partial charge < -0.3 is 5.11 Å². The fraction of sp³-hybridized carbons (Fsp3) is 0. The van der Waals surface area contributed by atoms with Crippen LogP contribution in [0.25, 0.3) is 11.1 Å². The third-order valence-corrected chi connectivity index (χ3v) is 7.31. The first-order chi connectivity index (χ1) is 22.0. The van der Waals surface area contributed by atoms with E-state index in [0.717, 1.165) is 35.4 Å². The summed E-state index contributed by atoms with van der Waals surface area (Å²) in [5.41, 5.74) is 9.91. The fourth-order valence-corrected chi connectivity index (χ4v) is 4.52. The predicted molar refractivity (Wildman–Crippen MR) is 169 cm³/mol. The molecule has 0 saturated heterocycles. The summed E-state index contributed by atoms with van der Waals surface area (Å²) in [7, 11) is -4.37. The van der Waals surface area contributed by atoms with Crippen molar-refractivity contribution in [3.8, 4) is 11.1 Å². The van der Waals surface area contributed by atoms with Gasteiger partial charge in [0, 0.05) is 0 Å². The molecule has 230 valence electrons. The van der Waals surface area contributed by atoms with Crippen LogP contribution in [0.15, 0.2) is 139 Å². The van der Waals surface area contributed by atoms with E-state index in [9.17, 15) is 27.6 Å². The molecule has 0 aromatic heterocycles. The molecule has 0 heterocycles. The van der Waals surface area contributed by atoms with Gasteiger partial charge in [0.15, 0.2) is 11.1 Å². The first-order valence-electron chi connectivity index (χ1n) is 13.2. The number of allylic oxidation sites excluding steroid dienone is 3. The number of hydrogen-bond acceptors (Lipinski definition) is 12. The number of aliphatic carboxylic acids is 1. The Kier molecular flexibility index (Phi) is 8.88. The number of carbonyl (C=O) groups is 2. The van der Waals surface area contributed by atoms with Gasteiger partial charge in [0.2, 0.25) is 10.9 Å². The molecule has 0 radical (unpaired) electrons. The monoisotopic (exact) mass is 638 g/mol. The Morgan fingerprint density at radius 1 is 0.652 bits per heavy atom. The lowest BCUT2D eigenvalue weighted by Gasteiger charge is -2.07. The SMILES string of the molecule is O=C(O)C1=C/C(=N\Nc2ccc(-c3ccc(N/N=c4\ccc(=O)/c(=N\Nc5ccc(S(=O)(=O)O)cc5)c4=O)cc3)cc2)C=CC1=O. The molecule has 0 unspecified atom stereocenters. The Morgan fingerprint density at radius 2 is 1.17 bits per heavy atom. The zero-order chi connectivity index (χ0) is 32.8. The van der Waals surface area contributed by atoms with Crippen LogP contribution in [0.1, 0.15) is 0 Å². The van der Waals surface area contributed by atoms with Crippen molar-refractivity contribution in [2.45, 2.75) is 4.90 Å². The van der Waals surface area contributed by atoms with E-state index < -0.39 is 38.1 Å². The number of hydrogen-bond donors (Lipinski definition) is 5. The summed E-state index contributed by atoms with van der Waals surface area (Å²) in [5, 5.41) is 20.7. The van der Waals surface area contributed by atoms with Crippen molar-refractivity contribution in [1.82, 2.24) is 0 Å². The number of carboxylic acids is 1. The minimum absolute atomic E-state index is 0.0670. The Morgan fingerprint density at radius 3 is 1.72 bits per heavy atom. The number of carboxylic acid groups (broad SMARTS) is 1. The second-order valence-corrected chi connectivity index (χ2v) is 11.0. The van der Waals surface area contributed by atoms with Crippen LogP contribution < -0.4 is 37.8 Å². The molecule has 4 aromatic carbocycles. The van der Waals surface area contributed by atoms with Gasteiger partial charge in [0.25, 0.3) is 10.1 Å². The van der Waals surface area contributed by atoms with Gasteiger partial charge in [-0.1, -0.05) is 24.3 Å². The van der Waals surface area contributed by atoms with Crippen molar-refractivity contribution in [2.75, 3.05) is 16.3 Å². The summed E-state index contributed by atoms with van der Waals surface area (Å²) in [6, 6.07) is 21.7. The van der Waals surface area contributed by atoms with Crippen molar-refractivity contribution in [3.63, 3.8) is 0 Å². The van der Waals surface area contributed by atoms with Crippen molar-refractivity contribution >= 4 is 44.6 Å². The average Bonchev–Trinajstić information content (AvgIpc) is 3.04. The first kappa shape index (κ1) is 31.1. The second-order valence-electron chi connectivity index (χ2n) is 9.57. The van der Waals surface area contributed by atoms with Crippen LogP contribution in [0.5, 0.6) is 0 Å². The number of anilines is 3. The standard InChI is InChI=1S/C31H22N6O8S/c38-27-15-11-23(17-25(27)31(41)42)35-32-20-5-1-18(2-6-20)19-3-7-21(8-4-19)33-36-26-14-16-28(39)29(30(26)40)37-34-22-9-12-24(13-10-22)46(43,44)45/h1-17,32-34H,(H,41,42)(H,43,44,45)/b35-23-,36-26+,37-29+. The number of nitrogens with one attached hydrogen (secondary N) is 3. The molecular weight excluding hydrogens is 616 g/mol. The topological polar surface area (TPSA) is 216 Å². The molecule has 0 saturated carbocycles. The number of rotatable bonds is 9. The Hall–Kier alpha value is -6.32. The molecule has 5 N–H and O–H groups in total. The van der Waals surface area contributed by atoms with E-state index in [2.05, 4.69) is 31.6 Å². The second kappa shape index (κ2) is 13.1. The molecule has 0 bridgehead atoms. The van der Waals surface area contributed by atoms with E-state index in [1.807, 2.05) is 24.3 Å². The summed E-state index contributed by atoms with van der Waals surface area (Å²) in [4.78, 5) is 47.5. The van der Waals surface area contributed by atoms with Crippen LogP contribution in [0, 0.1) is 0 Å². The molecule has 14 nitrogen and oxygen atoms in total. The minimum atomic E-state index is -4.37. The molecular formula is C31H22N6O8S. The third-order valence-electron chi connectivity index (χ3n) is 6.44. The molecule has 1 aliphatic carbocycles. The highest BCUT2D eigenvalue weighted by Crippen LogP contribution is 2.23. The quantitative estimate of drug-likeness (QED) is 0.0773. The highest BCUT2D eigenvalue weighted by Gasteiger charge is 2.18. The van der Waals surface area contributed by atoms with E-state index >= 15 is 0 Å². The normalized spacial score (nSPS) is 14.7. The summed E-state index contributed by atoms with van der Waals surface area (Å²) < 4.78 is 31.4. The molecule has 0 amide bonds. The van der Waals surface area contributed by atoms with Gasteiger partial charge in [-0.15, -0.1) is 0 Å². The van der Waals surface area contributed by atoms with Gasteiger partial charge >= 0.3 is 5.97 Å². The van der Waals surface area contributed by atoms with Crippen molar-refractivity contribution < 1.29 is 27.7 Å². The average molecular weight is 639 g/mol. The predicted octanol–water partition coefficient (Wildman–Crippen LogP) is 1.97. The lowest BCUT2D eigenvalue weighted by Crippen LogP contribution is -2.47. The molecule has 5 rings (SSSR count). The fourth-order valence-electron chi connectivity index (χ4n) is 4.04. The van der Waals surface area contributed by atoms with Crippen LogP contribution in [0.3, 0.4) is 0 Å². The van der Waals surface area contributed by atoms with E-state index in [4.69, 9.17) is 9.66 Å². The number of hydrazone groups is 1. The molecule has 15 heteroatoms. The van der Waals surface area contributed by atoms with Gasteiger partial charge in [0.05, 0.1) is 27.7 Å². The highest BCUT2D eigenvalue weighted by molar-refractivity contribution is 7.85. The van der Waals surface area contributed by atoms with E-state index in [-0.39, 0.29) is 27.2 Å². The van der Waals surface area contributed by atoms with Gasteiger partial charge in [-0.3, -0.25) is 35.2 Å². The van der Waals surface area contributed by atoms with Crippen molar-refractivity contribution in [3.05, 3.63) is 140 Å². The largest absolute Gasteiger partial charge is 0.478 e. The molecule has 0 fully saturated rings. The van der Waals surface area contributed by atoms with Gasteiger partial charge in [-0.25, -0.2) is 4.79 Å². The lowest BCUT2D eigenvalue weighted by molar-refractivity contribution is -0.134. The van der Waals surface area contributed by atoms with Crippen molar-refractivity contribution in [1.29, 1.82) is 0 Å². The summed E-state index contributed by atoms with van der Waals surface area (Å²) in [6.45, 7) is 0. The zero-order valence-corrected chi connectivity index (χ0v) is 24.2. The Bertz CT molecular complexity index is 2270. The molecule has 46 heavy (non-hydrogen) atoms. The smallest absolute Gasteiger partial charge is 0.339 e. The van der Waals surface area contributed by atoms with E-state index in [1.165, 1.54) is 30.4 Å². The van der Waals surface area contributed by atoms with Gasteiger partial charge in [0.1, 0.15) is 10.9 Å². The summed E-state index contributed by atoms with van der Waals surface area (Å²) in [6.07, 6.45) is 3.75. The van der Waals surface area contributed by atoms with Gasteiger partial charge in [-0.05, 0) is 90.0 Å².